The van der Waals surface area contributed by atoms with Gasteiger partial charge in [0.2, 0.25) is 0 Å². The van der Waals surface area contributed by atoms with E-state index in [1.165, 1.54) is 0 Å². The number of aryl methyl sites for hydroxylation is 1. The Balaban J connectivity index is 2.05. The molecule has 2 heterocycles. The number of nitrogens with one attached hydrogen (secondary N) is 1. The van der Waals surface area contributed by atoms with Gasteiger partial charge in [-0.3, -0.25) is 14.8 Å². The van der Waals surface area contributed by atoms with E-state index in [4.69, 9.17) is 5.11 Å². The van der Waals surface area contributed by atoms with Crippen molar-refractivity contribution in [2.75, 3.05) is 0 Å². The molecule has 0 radical (unpaired) electrons. The van der Waals surface area contributed by atoms with Gasteiger partial charge in [0.15, 0.2) is 0 Å². The summed E-state index contributed by atoms with van der Waals surface area (Å²) in [7, 11) is 1.79. The first-order valence-electron chi connectivity index (χ1n) is 4.52. The molecular formula is C8H12N4O2. The SMILES string of the molecule is Cn1cc(C2CCC(C(=O)O)N2)nn1. The van der Waals surface area contributed by atoms with Gasteiger partial charge in [-0.15, -0.1) is 5.10 Å². The minimum Gasteiger partial charge on any atom is -0.480 e. The fourth-order valence-electron chi connectivity index (χ4n) is 1.70. The molecule has 0 aliphatic carbocycles. The van der Waals surface area contributed by atoms with Crippen LogP contribution >= 0.6 is 0 Å². The fraction of sp³-hybridized carbons (Fsp3) is 0.625. The summed E-state index contributed by atoms with van der Waals surface area (Å²) in [6, 6.07) is -0.410. The molecule has 2 N–H and O–H groups in total. The normalized spacial score (nSPS) is 26.6. The maximum atomic E-state index is 10.7. The lowest BCUT2D eigenvalue weighted by Crippen LogP contribution is -2.31. The van der Waals surface area contributed by atoms with Crippen molar-refractivity contribution < 1.29 is 9.90 Å². The Kier molecular flexibility index (Phi) is 2.20. The summed E-state index contributed by atoms with van der Waals surface area (Å²) in [5, 5.41) is 19.5. The summed E-state index contributed by atoms with van der Waals surface area (Å²) < 4.78 is 1.62. The smallest absolute Gasteiger partial charge is 0.320 e. The van der Waals surface area contributed by atoms with Crippen LogP contribution in [0.1, 0.15) is 24.6 Å². The average molecular weight is 196 g/mol. The third-order valence-electron chi connectivity index (χ3n) is 2.42. The van der Waals surface area contributed by atoms with E-state index in [1.807, 2.05) is 6.20 Å². The average Bonchev–Trinajstić information content (AvgIpc) is 2.70. The van der Waals surface area contributed by atoms with Crippen LogP contribution in [0.2, 0.25) is 0 Å². The number of rotatable bonds is 2. The summed E-state index contributed by atoms with van der Waals surface area (Å²) in [6.45, 7) is 0. The molecule has 1 aliphatic rings. The van der Waals surface area contributed by atoms with E-state index in [9.17, 15) is 4.79 Å². The van der Waals surface area contributed by atoms with Gasteiger partial charge >= 0.3 is 5.97 Å². The van der Waals surface area contributed by atoms with Gasteiger partial charge in [0, 0.05) is 13.2 Å². The van der Waals surface area contributed by atoms with Gasteiger partial charge in [-0.2, -0.15) is 0 Å². The molecule has 1 aliphatic heterocycles. The van der Waals surface area contributed by atoms with Crippen LogP contribution in [0, 0.1) is 0 Å². The minimum absolute atomic E-state index is 0.0322. The first-order valence-corrected chi connectivity index (χ1v) is 4.52. The Morgan fingerprint density at radius 2 is 2.50 bits per heavy atom. The number of aliphatic carboxylic acids is 1. The van der Waals surface area contributed by atoms with Crippen LogP contribution < -0.4 is 5.32 Å². The van der Waals surface area contributed by atoms with Crippen LogP contribution in [0.5, 0.6) is 0 Å². The maximum absolute atomic E-state index is 10.7. The summed E-state index contributed by atoms with van der Waals surface area (Å²) in [4.78, 5) is 10.7. The molecule has 1 aromatic rings. The Morgan fingerprint density at radius 3 is 3.00 bits per heavy atom. The molecule has 2 unspecified atom stereocenters. The second-order valence-electron chi connectivity index (χ2n) is 3.50. The fourth-order valence-corrected chi connectivity index (χ4v) is 1.70. The van der Waals surface area contributed by atoms with E-state index in [1.54, 1.807) is 11.7 Å². The van der Waals surface area contributed by atoms with E-state index in [2.05, 4.69) is 15.6 Å². The number of carbonyl (C=O) groups is 1. The van der Waals surface area contributed by atoms with E-state index in [0.717, 1.165) is 12.1 Å². The minimum atomic E-state index is -0.795. The zero-order valence-electron chi connectivity index (χ0n) is 7.84. The van der Waals surface area contributed by atoms with E-state index >= 15 is 0 Å². The van der Waals surface area contributed by atoms with Gasteiger partial charge in [0.25, 0.3) is 0 Å². The predicted molar refractivity (Wildman–Crippen MR) is 47.5 cm³/mol. The molecule has 0 spiro atoms. The number of hydrogen-bond donors (Lipinski definition) is 2. The lowest BCUT2D eigenvalue weighted by atomic mass is 10.1. The predicted octanol–water partition coefficient (Wildman–Crippen LogP) is -0.307. The van der Waals surface area contributed by atoms with Crippen molar-refractivity contribution in [3.63, 3.8) is 0 Å². The number of aromatic nitrogens is 3. The van der Waals surface area contributed by atoms with E-state index < -0.39 is 12.0 Å². The third-order valence-corrected chi connectivity index (χ3v) is 2.42. The summed E-state index contributed by atoms with van der Waals surface area (Å²) in [5.74, 6) is -0.795. The molecule has 6 heteroatoms. The molecule has 6 nitrogen and oxygen atoms in total. The van der Waals surface area contributed by atoms with Crippen LogP contribution in [0.25, 0.3) is 0 Å². The van der Waals surface area contributed by atoms with Crippen LogP contribution in [0.4, 0.5) is 0 Å². The van der Waals surface area contributed by atoms with E-state index in [0.29, 0.717) is 6.42 Å². The van der Waals surface area contributed by atoms with Crippen LogP contribution in [0.3, 0.4) is 0 Å². The summed E-state index contributed by atoms with van der Waals surface area (Å²) >= 11 is 0. The van der Waals surface area contributed by atoms with Gasteiger partial charge in [-0.25, -0.2) is 0 Å². The van der Waals surface area contributed by atoms with Crippen molar-refractivity contribution in [2.24, 2.45) is 7.05 Å². The van der Waals surface area contributed by atoms with Crippen molar-refractivity contribution >= 4 is 5.97 Å². The third kappa shape index (κ3) is 1.60. The molecule has 1 aromatic heterocycles. The topological polar surface area (TPSA) is 80.0 Å². The number of carboxylic acids is 1. The standard InChI is InChI=1S/C8H12N4O2/c1-12-4-7(10-11-12)5-2-3-6(9-5)8(13)14/h4-6,9H,2-3H2,1H3,(H,13,14). The monoisotopic (exact) mass is 196 g/mol. The van der Waals surface area contributed by atoms with Crippen LogP contribution in [0.15, 0.2) is 6.20 Å². The maximum Gasteiger partial charge on any atom is 0.320 e. The van der Waals surface area contributed by atoms with Crippen LogP contribution in [-0.2, 0) is 11.8 Å². The van der Waals surface area contributed by atoms with Crippen molar-refractivity contribution in [3.8, 4) is 0 Å². The molecule has 14 heavy (non-hydrogen) atoms. The zero-order valence-corrected chi connectivity index (χ0v) is 7.84. The second kappa shape index (κ2) is 3.38. The Morgan fingerprint density at radius 1 is 1.71 bits per heavy atom. The van der Waals surface area contributed by atoms with Gasteiger partial charge < -0.3 is 5.11 Å². The number of carboxylic acid groups (broad SMARTS) is 1. The van der Waals surface area contributed by atoms with Crippen molar-refractivity contribution in [3.05, 3.63) is 11.9 Å². The highest BCUT2D eigenvalue weighted by molar-refractivity contribution is 5.73. The quantitative estimate of drug-likeness (QED) is 0.678. The van der Waals surface area contributed by atoms with Gasteiger partial charge in [0.05, 0.1) is 11.7 Å². The lowest BCUT2D eigenvalue weighted by Gasteiger charge is -2.07. The Hall–Kier alpha value is -1.43. The molecular weight excluding hydrogens is 184 g/mol. The van der Waals surface area contributed by atoms with Gasteiger partial charge in [-0.05, 0) is 12.8 Å². The summed E-state index contributed by atoms with van der Waals surface area (Å²) in [5.41, 5.74) is 0.816. The Bertz CT molecular complexity index is 349. The first-order chi connectivity index (χ1) is 6.66. The largest absolute Gasteiger partial charge is 0.480 e. The van der Waals surface area contributed by atoms with Crippen molar-refractivity contribution in [1.29, 1.82) is 0 Å². The first kappa shape index (κ1) is 9.14. The molecule has 1 saturated heterocycles. The molecule has 0 aromatic carbocycles. The highest BCUT2D eigenvalue weighted by Crippen LogP contribution is 2.24. The molecule has 0 amide bonds. The molecule has 2 atom stereocenters. The van der Waals surface area contributed by atoms with Crippen LogP contribution in [-0.4, -0.2) is 32.1 Å². The number of nitrogens with zero attached hydrogens (tertiary/aromatic N) is 3. The molecule has 2 rings (SSSR count). The summed E-state index contributed by atoms with van der Waals surface area (Å²) in [6.07, 6.45) is 3.26. The molecule has 0 bridgehead atoms. The number of hydrogen-bond acceptors (Lipinski definition) is 4. The lowest BCUT2D eigenvalue weighted by molar-refractivity contribution is -0.139. The zero-order chi connectivity index (χ0) is 10.1. The van der Waals surface area contributed by atoms with E-state index in [-0.39, 0.29) is 6.04 Å². The molecule has 0 saturated carbocycles. The van der Waals surface area contributed by atoms with Gasteiger partial charge in [-0.1, -0.05) is 5.21 Å². The molecule has 76 valence electrons. The molecule has 1 fully saturated rings. The van der Waals surface area contributed by atoms with Crippen molar-refractivity contribution in [2.45, 2.75) is 24.9 Å². The Labute approximate surface area is 80.9 Å². The highest BCUT2D eigenvalue weighted by atomic mass is 16.4. The van der Waals surface area contributed by atoms with Crippen molar-refractivity contribution in [1.82, 2.24) is 20.3 Å². The second-order valence-corrected chi connectivity index (χ2v) is 3.50. The van der Waals surface area contributed by atoms with Gasteiger partial charge in [0.1, 0.15) is 6.04 Å². The highest BCUT2D eigenvalue weighted by Gasteiger charge is 2.30.